The number of rotatable bonds is 8. The van der Waals surface area contributed by atoms with Crippen molar-refractivity contribution >= 4 is 29.1 Å². The largest absolute Gasteiger partial charge is 0.368 e. The zero-order valence-corrected chi connectivity index (χ0v) is 20.8. The van der Waals surface area contributed by atoms with Crippen molar-refractivity contribution in [3.05, 3.63) is 59.7 Å². The quantitative estimate of drug-likeness (QED) is 0.627. The zero-order chi connectivity index (χ0) is 24.8. The van der Waals surface area contributed by atoms with Gasteiger partial charge in [0.05, 0.1) is 6.54 Å². The molecule has 4 rings (SSSR count). The summed E-state index contributed by atoms with van der Waals surface area (Å²) in [5.41, 5.74) is 3.67. The van der Waals surface area contributed by atoms with Crippen molar-refractivity contribution in [2.75, 3.05) is 49.5 Å². The maximum atomic E-state index is 12.8. The van der Waals surface area contributed by atoms with Gasteiger partial charge in [0.1, 0.15) is 0 Å². The first-order valence-corrected chi connectivity index (χ1v) is 12.7. The van der Waals surface area contributed by atoms with Gasteiger partial charge in [-0.2, -0.15) is 0 Å². The fraction of sp³-hybridized carbons (Fsp3) is 0.464. The van der Waals surface area contributed by atoms with E-state index in [4.69, 9.17) is 0 Å². The average Bonchev–Trinajstić information content (AvgIpc) is 2.83. The zero-order valence-electron chi connectivity index (χ0n) is 20.8. The third-order valence-corrected chi connectivity index (χ3v) is 6.98. The van der Waals surface area contributed by atoms with Gasteiger partial charge in [0.2, 0.25) is 11.8 Å². The highest BCUT2D eigenvalue weighted by Crippen LogP contribution is 2.28. The van der Waals surface area contributed by atoms with E-state index < -0.39 is 0 Å². The van der Waals surface area contributed by atoms with Crippen LogP contribution in [0.5, 0.6) is 0 Å². The lowest BCUT2D eigenvalue weighted by molar-refractivity contribution is -0.140. The minimum Gasteiger partial charge on any atom is -0.368 e. The lowest BCUT2D eigenvalue weighted by Crippen LogP contribution is -2.48. The molecule has 1 saturated carbocycles. The monoisotopic (exact) mass is 476 g/mol. The number of carbonyl (C=O) groups is 3. The average molecular weight is 477 g/mol. The standard InChI is InChI=1S/C28H36N4O3/c1-3-15-32(28(35)22-5-4-6-22)20-26(33)29-24-11-13-25(14-12-24)30-16-18-31(19-17-30)27(34)23-9-7-21(2)8-10-23/h7-14,22H,3-6,15-20H2,1-2H3,(H,29,33). The van der Waals surface area contributed by atoms with E-state index in [9.17, 15) is 14.4 Å². The molecule has 1 aliphatic heterocycles. The third kappa shape index (κ3) is 6.21. The van der Waals surface area contributed by atoms with Gasteiger partial charge in [0.25, 0.3) is 5.91 Å². The van der Waals surface area contributed by atoms with Crippen LogP contribution in [0.3, 0.4) is 0 Å². The van der Waals surface area contributed by atoms with E-state index >= 15 is 0 Å². The highest BCUT2D eigenvalue weighted by Gasteiger charge is 2.30. The van der Waals surface area contributed by atoms with Crippen molar-refractivity contribution in [1.82, 2.24) is 9.80 Å². The summed E-state index contributed by atoms with van der Waals surface area (Å²) < 4.78 is 0. The van der Waals surface area contributed by atoms with Gasteiger partial charge in [-0.1, -0.05) is 31.0 Å². The molecular weight excluding hydrogens is 440 g/mol. The summed E-state index contributed by atoms with van der Waals surface area (Å²) >= 11 is 0. The number of nitrogens with one attached hydrogen (secondary N) is 1. The molecule has 1 aliphatic carbocycles. The smallest absolute Gasteiger partial charge is 0.253 e. The molecule has 0 radical (unpaired) electrons. The molecule has 2 aromatic carbocycles. The van der Waals surface area contributed by atoms with Crippen molar-refractivity contribution in [2.24, 2.45) is 5.92 Å². The predicted molar refractivity (Wildman–Crippen MR) is 139 cm³/mol. The Bertz CT molecular complexity index is 1020. The van der Waals surface area contributed by atoms with E-state index in [1.165, 1.54) is 0 Å². The highest BCUT2D eigenvalue weighted by atomic mass is 16.2. The Morgan fingerprint density at radius 3 is 2.17 bits per heavy atom. The second kappa shape index (κ2) is 11.4. The highest BCUT2D eigenvalue weighted by molar-refractivity contribution is 5.95. The molecule has 1 saturated heterocycles. The molecule has 7 nitrogen and oxygen atoms in total. The Morgan fingerprint density at radius 2 is 1.60 bits per heavy atom. The fourth-order valence-corrected chi connectivity index (χ4v) is 4.63. The number of carbonyl (C=O) groups excluding carboxylic acids is 3. The van der Waals surface area contributed by atoms with Crippen LogP contribution in [0.2, 0.25) is 0 Å². The Morgan fingerprint density at radius 1 is 0.943 bits per heavy atom. The number of amides is 3. The summed E-state index contributed by atoms with van der Waals surface area (Å²) in [4.78, 5) is 43.8. The number of aryl methyl sites for hydroxylation is 1. The van der Waals surface area contributed by atoms with Crippen molar-refractivity contribution in [2.45, 2.75) is 39.5 Å². The van der Waals surface area contributed by atoms with Crippen LogP contribution in [0.1, 0.15) is 48.5 Å². The van der Waals surface area contributed by atoms with Crippen molar-refractivity contribution in [1.29, 1.82) is 0 Å². The predicted octanol–water partition coefficient (Wildman–Crippen LogP) is 3.93. The number of piperazine rings is 1. The number of anilines is 2. The van der Waals surface area contributed by atoms with Gasteiger partial charge in [-0.25, -0.2) is 0 Å². The summed E-state index contributed by atoms with van der Waals surface area (Å²) in [5, 5.41) is 2.93. The lowest BCUT2D eigenvalue weighted by atomic mass is 9.84. The summed E-state index contributed by atoms with van der Waals surface area (Å²) in [6.45, 7) is 7.62. The van der Waals surface area contributed by atoms with Gasteiger partial charge in [-0.15, -0.1) is 0 Å². The second-order valence-corrected chi connectivity index (χ2v) is 9.63. The van der Waals surface area contributed by atoms with Crippen molar-refractivity contribution < 1.29 is 14.4 Å². The molecule has 186 valence electrons. The van der Waals surface area contributed by atoms with E-state index in [-0.39, 0.29) is 30.2 Å². The molecule has 0 bridgehead atoms. The van der Waals surface area contributed by atoms with Crippen LogP contribution in [0, 0.1) is 12.8 Å². The van der Waals surface area contributed by atoms with E-state index in [2.05, 4.69) is 10.2 Å². The number of hydrogen-bond acceptors (Lipinski definition) is 4. The van der Waals surface area contributed by atoms with Gasteiger partial charge in [-0.05, 0) is 62.6 Å². The van der Waals surface area contributed by atoms with Crippen LogP contribution in [0.15, 0.2) is 48.5 Å². The summed E-state index contributed by atoms with van der Waals surface area (Å²) in [6.07, 6.45) is 3.82. The van der Waals surface area contributed by atoms with E-state index in [1.807, 2.05) is 67.3 Å². The lowest BCUT2D eigenvalue weighted by Gasteiger charge is -2.36. The van der Waals surface area contributed by atoms with Crippen molar-refractivity contribution in [3.8, 4) is 0 Å². The van der Waals surface area contributed by atoms with Gasteiger partial charge in [0.15, 0.2) is 0 Å². The van der Waals surface area contributed by atoms with Crippen LogP contribution in [-0.2, 0) is 9.59 Å². The third-order valence-electron chi connectivity index (χ3n) is 6.98. The number of hydrogen-bond donors (Lipinski definition) is 1. The second-order valence-electron chi connectivity index (χ2n) is 9.63. The molecule has 7 heteroatoms. The molecule has 0 unspecified atom stereocenters. The van der Waals surface area contributed by atoms with Crippen LogP contribution >= 0.6 is 0 Å². The van der Waals surface area contributed by atoms with Crippen LogP contribution < -0.4 is 10.2 Å². The topological polar surface area (TPSA) is 73.0 Å². The van der Waals surface area contributed by atoms with Crippen LogP contribution in [0.4, 0.5) is 11.4 Å². The molecule has 0 atom stereocenters. The molecule has 1 N–H and O–H groups in total. The van der Waals surface area contributed by atoms with Gasteiger partial charge < -0.3 is 20.0 Å². The first kappa shape index (κ1) is 24.8. The molecule has 35 heavy (non-hydrogen) atoms. The van der Waals surface area contributed by atoms with Gasteiger partial charge in [-0.3, -0.25) is 14.4 Å². The number of benzene rings is 2. The first-order chi connectivity index (χ1) is 16.9. The molecule has 1 heterocycles. The maximum Gasteiger partial charge on any atom is 0.253 e. The minimum absolute atomic E-state index is 0.0793. The Kier molecular flexibility index (Phi) is 8.06. The molecule has 2 aromatic rings. The minimum atomic E-state index is -0.165. The van der Waals surface area contributed by atoms with E-state index in [0.29, 0.717) is 19.6 Å². The van der Waals surface area contributed by atoms with Crippen molar-refractivity contribution in [3.63, 3.8) is 0 Å². The normalized spacial score (nSPS) is 15.9. The Balaban J connectivity index is 1.27. The SMILES string of the molecule is CCCN(CC(=O)Nc1ccc(N2CCN(C(=O)c3ccc(C)cc3)CC2)cc1)C(=O)C1CCC1. The molecule has 0 spiro atoms. The number of nitrogens with zero attached hydrogens (tertiary/aromatic N) is 3. The molecule has 3 amide bonds. The summed E-state index contributed by atoms with van der Waals surface area (Å²) in [7, 11) is 0. The van der Waals surface area contributed by atoms with Crippen LogP contribution in [-0.4, -0.2) is 66.8 Å². The maximum absolute atomic E-state index is 12.8. The first-order valence-electron chi connectivity index (χ1n) is 12.7. The molecule has 2 fully saturated rings. The van der Waals surface area contributed by atoms with E-state index in [1.54, 1.807) is 4.90 Å². The van der Waals surface area contributed by atoms with Gasteiger partial charge in [0, 0.05) is 55.6 Å². The summed E-state index contributed by atoms with van der Waals surface area (Å²) in [6, 6.07) is 15.5. The molecule has 0 aromatic heterocycles. The molecule has 2 aliphatic rings. The Labute approximate surface area is 208 Å². The Hall–Kier alpha value is -3.35. The molecular formula is C28H36N4O3. The van der Waals surface area contributed by atoms with Gasteiger partial charge >= 0.3 is 0 Å². The fourth-order valence-electron chi connectivity index (χ4n) is 4.63. The summed E-state index contributed by atoms with van der Waals surface area (Å²) in [5.74, 6) is 0.127. The van der Waals surface area contributed by atoms with E-state index in [0.717, 1.165) is 61.3 Å². The van der Waals surface area contributed by atoms with Crippen LogP contribution in [0.25, 0.3) is 0 Å².